The summed E-state index contributed by atoms with van der Waals surface area (Å²) in [5.74, 6) is 4.98. The Morgan fingerprint density at radius 1 is 0.481 bits per heavy atom. The lowest BCUT2D eigenvalue weighted by Crippen LogP contribution is -2.54. The maximum absolute atomic E-state index is 5.82. The number of benzene rings is 4. The quantitative estimate of drug-likeness (QED) is 0.0928. The lowest BCUT2D eigenvalue weighted by atomic mass is 9.85. The standard InChI is InChI=1S/C44H58N2O6/c1-45(23-19-33-27-41(49-5)43(51-7)29-37(33)39(45)25-31-11-15-35(47-3)16-12-31)21-9-10-22-46(2)24-20-34-28-42(50-6)44(52-8)30-38(34)40(46)26-32-13-17-36(48-4)18-14-32/h11-18,27-30,39-40H,9-10,19-26H2,1-8H3/q+2/t39-,40+,45?,46?. The molecule has 0 saturated heterocycles. The predicted octanol–water partition coefficient (Wildman–Crippen LogP) is 7.79. The van der Waals surface area contributed by atoms with Gasteiger partial charge in [-0.1, -0.05) is 24.3 Å². The molecule has 0 bridgehead atoms. The van der Waals surface area contributed by atoms with Gasteiger partial charge in [-0.15, -0.1) is 0 Å². The van der Waals surface area contributed by atoms with Crippen molar-refractivity contribution in [3.05, 3.63) is 106 Å². The summed E-state index contributed by atoms with van der Waals surface area (Å²) in [5.41, 5.74) is 8.11. The Kier molecular flexibility index (Phi) is 11.6. The molecule has 0 fully saturated rings. The monoisotopic (exact) mass is 710 g/mol. The number of quaternary nitrogens is 2. The van der Waals surface area contributed by atoms with Crippen LogP contribution >= 0.6 is 0 Å². The molecular formula is C44H58N2O6+2. The molecule has 8 nitrogen and oxygen atoms in total. The van der Waals surface area contributed by atoms with Crippen LogP contribution < -0.4 is 28.4 Å². The van der Waals surface area contributed by atoms with Crippen molar-refractivity contribution in [2.45, 2.75) is 50.6 Å². The largest absolute Gasteiger partial charge is 0.497 e. The van der Waals surface area contributed by atoms with Gasteiger partial charge in [-0.25, -0.2) is 0 Å². The van der Waals surface area contributed by atoms with E-state index in [2.05, 4.69) is 86.9 Å². The first-order valence-corrected chi connectivity index (χ1v) is 18.6. The smallest absolute Gasteiger partial charge is 0.161 e. The minimum Gasteiger partial charge on any atom is -0.497 e. The van der Waals surface area contributed by atoms with Crippen LogP contribution in [0.5, 0.6) is 34.5 Å². The number of likely N-dealkylation sites (N-methyl/N-ethyl adjacent to an activating group) is 2. The molecular weight excluding hydrogens is 652 g/mol. The number of rotatable bonds is 15. The molecule has 0 aromatic heterocycles. The number of unbranched alkanes of at least 4 members (excludes halogenated alkanes) is 1. The molecule has 0 N–H and O–H groups in total. The first-order valence-electron chi connectivity index (χ1n) is 18.6. The average Bonchev–Trinajstić information content (AvgIpc) is 3.18. The number of fused-ring (bicyclic) bond motifs is 2. The number of hydrogen-bond acceptors (Lipinski definition) is 6. The van der Waals surface area contributed by atoms with Gasteiger partial charge in [0, 0.05) is 49.7 Å². The third kappa shape index (κ3) is 7.69. The van der Waals surface area contributed by atoms with E-state index < -0.39 is 0 Å². The lowest BCUT2D eigenvalue weighted by molar-refractivity contribution is -0.947. The highest BCUT2D eigenvalue weighted by Gasteiger charge is 2.42. The second-order valence-electron chi connectivity index (χ2n) is 15.0. The van der Waals surface area contributed by atoms with E-state index >= 15 is 0 Å². The first kappa shape index (κ1) is 37.4. The third-order valence-electron chi connectivity index (χ3n) is 12.1. The highest BCUT2D eigenvalue weighted by atomic mass is 16.5. The van der Waals surface area contributed by atoms with Crippen LogP contribution in [-0.4, -0.2) is 91.9 Å². The summed E-state index contributed by atoms with van der Waals surface area (Å²) in [6.45, 7) is 4.40. The molecule has 2 heterocycles. The molecule has 0 aliphatic carbocycles. The Balaban J connectivity index is 1.24. The highest BCUT2D eigenvalue weighted by Crippen LogP contribution is 2.45. The Morgan fingerprint density at radius 3 is 1.15 bits per heavy atom. The minimum atomic E-state index is 0.300. The van der Waals surface area contributed by atoms with Gasteiger partial charge in [-0.3, -0.25) is 0 Å². The van der Waals surface area contributed by atoms with Gasteiger partial charge >= 0.3 is 0 Å². The fraction of sp³-hybridized carbons (Fsp3) is 0.455. The third-order valence-corrected chi connectivity index (χ3v) is 12.1. The Bertz CT molecular complexity index is 1680. The van der Waals surface area contributed by atoms with Gasteiger partial charge in [0.05, 0.1) is 82.9 Å². The molecule has 8 heteroatoms. The van der Waals surface area contributed by atoms with Crippen LogP contribution in [0.25, 0.3) is 0 Å². The molecule has 278 valence electrons. The first-order chi connectivity index (χ1) is 25.2. The predicted molar refractivity (Wildman–Crippen MR) is 206 cm³/mol. The zero-order valence-electron chi connectivity index (χ0n) is 32.5. The molecule has 4 aromatic rings. The van der Waals surface area contributed by atoms with Crippen LogP contribution in [0.4, 0.5) is 0 Å². The van der Waals surface area contributed by atoms with Crippen molar-refractivity contribution in [1.82, 2.24) is 0 Å². The Morgan fingerprint density at radius 2 is 0.827 bits per heavy atom. The van der Waals surface area contributed by atoms with Crippen molar-refractivity contribution < 1.29 is 37.4 Å². The summed E-state index contributed by atoms with van der Waals surface area (Å²) in [6.07, 6.45) is 6.24. The van der Waals surface area contributed by atoms with Crippen LogP contribution in [0.2, 0.25) is 0 Å². The normalized spacial score (nSPS) is 22.2. The van der Waals surface area contributed by atoms with E-state index in [4.69, 9.17) is 28.4 Å². The molecule has 0 saturated carbocycles. The zero-order valence-corrected chi connectivity index (χ0v) is 32.5. The van der Waals surface area contributed by atoms with E-state index in [1.165, 1.54) is 33.4 Å². The molecule has 0 amide bonds. The van der Waals surface area contributed by atoms with Crippen molar-refractivity contribution in [2.24, 2.45) is 0 Å². The van der Waals surface area contributed by atoms with E-state index in [-0.39, 0.29) is 0 Å². The van der Waals surface area contributed by atoms with Crippen molar-refractivity contribution in [3.8, 4) is 34.5 Å². The molecule has 2 aliphatic heterocycles. The summed E-state index contributed by atoms with van der Waals surface area (Å²) >= 11 is 0. The van der Waals surface area contributed by atoms with E-state index in [1.54, 1.807) is 42.7 Å². The Labute approximate surface area is 311 Å². The molecule has 4 aromatic carbocycles. The number of nitrogens with zero attached hydrogens (tertiary/aromatic N) is 2. The van der Waals surface area contributed by atoms with Crippen molar-refractivity contribution in [2.75, 3.05) is 82.9 Å². The van der Waals surface area contributed by atoms with E-state index in [1.807, 2.05) is 0 Å². The summed E-state index contributed by atoms with van der Waals surface area (Å²) in [5, 5.41) is 0. The number of methoxy groups -OCH3 is 6. The zero-order chi connectivity index (χ0) is 36.9. The second kappa shape index (κ2) is 16.1. The summed E-state index contributed by atoms with van der Waals surface area (Å²) < 4.78 is 36.0. The Hall–Kier alpha value is -4.40. The molecule has 0 spiro atoms. The molecule has 52 heavy (non-hydrogen) atoms. The maximum Gasteiger partial charge on any atom is 0.161 e. The average molecular weight is 711 g/mol. The van der Waals surface area contributed by atoms with Gasteiger partial charge in [0.25, 0.3) is 0 Å². The summed E-state index contributed by atoms with van der Waals surface area (Å²) in [7, 11) is 15.3. The lowest BCUT2D eigenvalue weighted by Gasteiger charge is -2.47. The van der Waals surface area contributed by atoms with Gasteiger partial charge in [0.15, 0.2) is 23.0 Å². The van der Waals surface area contributed by atoms with Gasteiger partial charge in [-0.2, -0.15) is 0 Å². The van der Waals surface area contributed by atoms with Crippen LogP contribution in [-0.2, 0) is 25.7 Å². The fourth-order valence-corrected chi connectivity index (χ4v) is 8.77. The number of hydrogen-bond donors (Lipinski definition) is 0. The van der Waals surface area contributed by atoms with Gasteiger partial charge < -0.3 is 37.4 Å². The van der Waals surface area contributed by atoms with E-state index in [9.17, 15) is 0 Å². The summed E-state index contributed by atoms with van der Waals surface area (Å²) in [6, 6.07) is 26.6. The molecule has 2 unspecified atom stereocenters. The minimum absolute atomic E-state index is 0.300. The maximum atomic E-state index is 5.82. The summed E-state index contributed by atoms with van der Waals surface area (Å²) in [4.78, 5) is 0. The second-order valence-corrected chi connectivity index (χ2v) is 15.0. The molecule has 6 rings (SSSR count). The van der Waals surface area contributed by atoms with Crippen LogP contribution in [0.1, 0.15) is 58.3 Å². The van der Waals surface area contributed by atoms with Crippen molar-refractivity contribution in [3.63, 3.8) is 0 Å². The van der Waals surface area contributed by atoms with Crippen LogP contribution in [0.3, 0.4) is 0 Å². The highest BCUT2D eigenvalue weighted by molar-refractivity contribution is 5.50. The topological polar surface area (TPSA) is 55.4 Å². The van der Waals surface area contributed by atoms with Crippen LogP contribution in [0.15, 0.2) is 72.8 Å². The SMILES string of the molecule is COc1ccc(C[C@@H]2c3cc(OC)c(OC)cc3CC[N+]2(C)CCCC[N+]2(C)CCc3cc(OC)c(OC)cc3[C@@H]2Cc2ccc(OC)cc2)cc1. The number of ether oxygens (including phenoxy) is 6. The fourth-order valence-electron chi connectivity index (χ4n) is 8.77. The van der Waals surface area contributed by atoms with Gasteiger partial charge in [0.1, 0.15) is 23.6 Å². The van der Waals surface area contributed by atoms with Gasteiger partial charge in [0.2, 0.25) is 0 Å². The van der Waals surface area contributed by atoms with Crippen molar-refractivity contribution >= 4 is 0 Å². The van der Waals surface area contributed by atoms with Crippen LogP contribution in [0, 0.1) is 0 Å². The van der Waals surface area contributed by atoms with Gasteiger partial charge in [-0.05, 0) is 70.8 Å². The van der Waals surface area contributed by atoms with Crippen molar-refractivity contribution in [1.29, 1.82) is 0 Å². The molecule has 2 aliphatic rings. The molecule has 0 radical (unpaired) electrons. The van der Waals surface area contributed by atoms with E-state index in [0.29, 0.717) is 12.1 Å². The van der Waals surface area contributed by atoms with E-state index in [0.717, 1.165) is 108 Å². The molecule has 4 atom stereocenters.